The molecule has 0 atom stereocenters. The number of carbonyl (C=O) groups excluding carboxylic acids is 2. The highest BCUT2D eigenvalue weighted by atomic mass is 16.6. The van der Waals surface area contributed by atoms with Crippen LogP contribution in [0.1, 0.15) is 25.7 Å². The van der Waals surface area contributed by atoms with Crippen molar-refractivity contribution in [2.45, 2.75) is 25.7 Å². The van der Waals surface area contributed by atoms with Crippen LogP contribution in [0.2, 0.25) is 0 Å². The molecule has 1 heterocycles. The van der Waals surface area contributed by atoms with Gasteiger partial charge in [-0.25, -0.2) is 4.79 Å². The number of cyclic esters (lactones) is 1. The molecule has 5 nitrogen and oxygen atoms in total. The molecule has 1 aliphatic heterocycles. The Kier molecular flexibility index (Phi) is 3.58. The lowest BCUT2D eigenvalue weighted by atomic mass is 10.1. The normalized spacial score (nSPS) is 19.2. The number of benzene rings is 1. The topological polar surface area (TPSA) is 58.6 Å². The first kappa shape index (κ1) is 13.0. The van der Waals surface area contributed by atoms with E-state index < -0.39 is 0 Å². The van der Waals surface area contributed by atoms with Gasteiger partial charge >= 0.3 is 6.09 Å². The molecule has 1 N–H and O–H groups in total. The molecule has 0 radical (unpaired) electrons. The SMILES string of the molecule is O=C(Nc1ccc(N2CCOC2=O)cc1)C1CCCC1. The van der Waals surface area contributed by atoms with E-state index in [9.17, 15) is 9.59 Å². The quantitative estimate of drug-likeness (QED) is 0.922. The predicted octanol–water partition coefficient (Wildman–Crippen LogP) is 2.77. The molecular weight excluding hydrogens is 256 g/mol. The van der Waals surface area contributed by atoms with Crippen LogP contribution in [0.4, 0.5) is 16.2 Å². The average Bonchev–Trinajstić information content (AvgIpc) is 3.11. The van der Waals surface area contributed by atoms with Gasteiger partial charge in [0, 0.05) is 17.3 Å². The summed E-state index contributed by atoms with van der Waals surface area (Å²) in [4.78, 5) is 25.0. The van der Waals surface area contributed by atoms with Crippen molar-refractivity contribution in [3.8, 4) is 0 Å². The fraction of sp³-hybridized carbons (Fsp3) is 0.467. The van der Waals surface area contributed by atoms with Crippen molar-refractivity contribution in [2.24, 2.45) is 5.92 Å². The lowest BCUT2D eigenvalue weighted by Gasteiger charge is -2.14. The Bertz CT molecular complexity index is 506. The smallest absolute Gasteiger partial charge is 0.414 e. The molecule has 1 saturated carbocycles. The van der Waals surface area contributed by atoms with Gasteiger partial charge in [-0.2, -0.15) is 0 Å². The van der Waals surface area contributed by atoms with Gasteiger partial charge in [-0.3, -0.25) is 9.69 Å². The van der Waals surface area contributed by atoms with E-state index in [1.54, 1.807) is 4.90 Å². The second-order valence-corrected chi connectivity index (χ2v) is 5.28. The standard InChI is InChI=1S/C15H18N2O3/c18-14(11-3-1-2-4-11)16-12-5-7-13(8-6-12)17-9-10-20-15(17)19/h5-8,11H,1-4,9-10H2,(H,16,18). The number of hydrogen-bond acceptors (Lipinski definition) is 3. The maximum absolute atomic E-state index is 12.0. The largest absolute Gasteiger partial charge is 0.447 e. The summed E-state index contributed by atoms with van der Waals surface area (Å²) in [6, 6.07) is 7.31. The summed E-state index contributed by atoms with van der Waals surface area (Å²) < 4.78 is 4.90. The average molecular weight is 274 g/mol. The van der Waals surface area contributed by atoms with Crippen molar-refractivity contribution < 1.29 is 14.3 Å². The number of anilines is 2. The van der Waals surface area contributed by atoms with Crippen molar-refractivity contribution >= 4 is 23.4 Å². The number of nitrogens with one attached hydrogen (secondary N) is 1. The first-order valence-electron chi connectivity index (χ1n) is 7.09. The van der Waals surface area contributed by atoms with Crippen LogP contribution in [0.15, 0.2) is 24.3 Å². The van der Waals surface area contributed by atoms with Gasteiger partial charge < -0.3 is 10.1 Å². The van der Waals surface area contributed by atoms with E-state index in [0.717, 1.165) is 37.1 Å². The zero-order valence-electron chi connectivity index (χ0n) is 11.3. The van der Waals surface area contributed by atoms with Gasteiger partial charge in [-0.15, -0.1) is 0 Å². The van der Waals surface area contributed by atoms with Gasteiger partial charge in [0.1, 0.15) is 6.61 Å². The minimum atomic E-state index is -0.312. The number of hydrogen-bond donors (Lipinski definition) is 1. The van der Waals surface area contributed by atoms with E-state index in [1.165, 1.54) is 0 Å². The molecule has 0 bridgehead atoms. The van der Waals surface area contributed by atoms with Crippen LogP contribution in [0.25, 0.3) is 0 Å². The highest BCUT2D eigenvalue weighted by molar-refractivity contribution is 5.93. The molecule has 2 fully saturated rings. The van der Waals surface area contributed by atoms with Gasteiger partial charge in [0.2, 0.25) is 5.91 Å². The summed E-state index contributed by atoms with van der Waals surface area (Å²) in [6.45, 7) is 1.01. The number of ether oxygens (including phenoxy) is 1. The molecule has 2 amide bonds. The fourth-order valence-electron chi connectivity index (χ4n) is 2.78. The third kappa shape index (κ3) is 2.61. The van der Waals surface area contributed by atoms with Crippen molar-refractivity contribution in [1.29, 1.82) is 0 Å². The summed E-state index contributed by atoms with van der Waals surface area (Å²) in [5.74, 6) is 0.263. The van der Waals surface area contributed by atoms with Crippen LogP contribution in [0.5, 0.6) is 0 Å². The van der Waals surface area contributed by atoms with Gasteiger partial charge in [0.05, 0.1) is 6.54 Å². The van der Waals surface area contributed by atoms with Gasteiger partial charge in [0.15, 0.2) is 0 Å². The highest BCUT2D eigenvalue weighted by Gasteiger charge is 2.24. The molecule has 0 unspecified atom stereocenters. The number of nitrogens with zero attached hydrogens (tertiary/aromatic N) is 1. The molecule has 1 saturated heterocycles. The van der Waals surface area contributed by atoms with Crippen LogP contribution >= 0.6 is 0 Å². The zero-order valence-corrected chi connectivity index (χ0v) is 11.3. The lowest BCUT2D eigenvalue weighted by Crippen LogP contribution is -2.23. The summed E-state index contributed by atoms with van der Waals surface area (Å²) in [5.41, 5.74) is 1.57. The Hall–Kier alpha value is -2.04. The van der Waals surface area contributed by atoms with Crippen LogP contribution in [0.3, 0.4) is 0 Å². The van der Waals surface area contributed by atoms with Crippen molar-refractivity contribution in [3.05, 3.63) is 24.3 Å². The first-order valence-corrected chi connectivity index (χ1v) is 7.09. The molecule has 0 aromatic heterocycles. The maximum Gasteiger partial charge on any atom is 0.414 e. The van der Waals surface area contributed by atoms with Crippen LogP contribution in [-0.2, 0) is 9.53 Å². The third-order valence-corrected chi connectivity index (χ3v) is 3.93. The van der Waals surface area contributed by atoms with Crippen LogP contribution in [-0.4, -0.2) is 25.2 Å². The second kappa shape index (κ2) is 5.53. The number of amides is 2. The minimum absolute atomic E-state index is 0.107. The Morgan fingerprint density at radius 3 is 2.50 bits per heavy atom. The van der Waals surface area contributed by atoms with Gasteiger partial charge in [0.25, 0.3) is 0 Å². The zero-order chi connectivity index (χ0) is 13.9. The summed E-state index contributed by atoms with van der Waals surface area (Å²) in [6.07, 6.45) is 3.96. The number of carbonyl (C=O) groups is 2. The molecule has 1 aromatic rings. The van der Waals surface area contributed by atoms with E-state index in [2.05, 4.69) is 5.32 Å². The Balaban J connectivity index is 1.63. The fourth-order valence-corrected chi connectivity index (χ4v) is 2.78. The summed E-state index contributed by atoms with van der Waals surface area (Å²) in [5, 5.41) is 2.94. The van der Waals surface area contributed by atoms with E-state index in [-0.39, 0.29) is 17.9 Å². The Labute approximate surface area is 117 Å². The Morgan fingerprint density at radius 1 is 1.20 bits per heavy atom. The van der Waals surface area contributed by atoms with Crippen molar-refractivity contribution in [2.75, 3.05) is 23.4 Å². The van der Waals surface area contributed by atoms with Gasteiger partial charge in [-0.1, -0.05) is 12.8 Å². The van der Waals surface area contributed by atoms with E-state index in [1.807, 2.05) is 24.3 Å². The monoisotopic (exact) mass is 274 g/mol. The minimum Gasteiger partial charge on any atom is -0.447 e. The van der Waals surface area contributed by atoms with Crippen molar-refractivity contribution in [3.63, 3.8) is 0 Å². The van der Waals surface area contributed by atoms with Crippen LogP contribution < -0.4 is 10.2 Å². The molecule has 20 heavy (non-hydrogen) atoms. The highest BCUT2D eigenvalue weighted by Crippen LogP contribution is 2.26. The molecule has 1 aliphatic carbocycles. The molecule has 0 spiro atoms. The summed E-state index contributed by atoms with van der Waals surface area (Å²) in [7, 11) is 0. The van der Waals surface area contributed by atoms with Crippen molar-refractivity contribution in [1.82, 2.24) is 0 Å². The summed E-state index contributed by atoms with van der Waals surface area (Å²) >= 11 is 0. The molecular formula is C15H18N2O3. The molecule has 2 aliphatic rings. The maximum atomic E-state index is 12.0. The Morgan fingerprint density at radius 2 is 1.90 bits per heavy atom. The molecule has 3 rings (SSSR count). The first-order chi connectivity index (χ1) is 9.74. The van der Waals surface area contributed by atoms with Crippen LogP contribution in [0, 0.1) is 5.92 Å². The molecule has 5 heteroatoms. The van der Waals surface area contributed by atoms with E-state index in [4.69, 9.17) is 4.74 Å². The molecule has 1 aromatic carbocycles. The van der Waals surface area contributed by atoms with Gasteiger partial charge in [-0.05, 0) is 37.1 Å². The predicted molar refractivity (Wildman–Crippen MR) is 75.7 cm³/mol. The molecule has 106 valence electrons. The lowest BCUT2D eigenvalue weighted by molar-refractivity contribution is -0.119. The van der Waals surface area contributed by atoms with E-state index >= 15 is 0 Å². The third-order valence-electron chi connectivity index (χ3n) is 3.93. The second-order valence-electron chi connectivity index (χ2n) is 5.28. The van der Waals surface area contributed by atoms with E-state index in [0.29, 0.717) is 13.2 Å². The number of rotatable bonds is 3.